The summed E-state index contributed by atoms with van der Waals surface area (Å²) in [5.74, 6) is 2.46. The quantitative estimate of drug-likeness (QED) is 0.736. The maximum atomic E-state index is 5.49. The second-order valence-corrected chi connectivity index (χ2v) is 8.48. The summed E-state index contributed by atoms with van der Waals surface area (Å²) in [5.41, 5.74) is 1.86. The van der Waals surface area contributed by atoms with Gasteiger partial charge in [-0.05, 0) is 24.6 Å². The van der Waals surface area contributed by atoms with Gasteiger partial charge in [-0.15, -0.1) is 0 Å². The van der Waals surface area contributed by atoms with Crippen LogP contribution in [0.5, 0.6) is 0 Å². The molecular weight excluding hydrogens is 356 g/mol. The summed E-state index contributed by atoms with van der Waals surface area (Å²) >= 11 is 0. The number of nitrogens with zero attached hydrogens (tertiary/aromatic N) is 5. The van der Waals surface area contributed by atoms with Gasteiger partial charge in [0.1, 0.15) is 0 Å². The number of benzene rings is 1. The van der Waals surface area contributed by atoms with E-state index in [0.29, 0.717) is 23.4 Å². The van der Waals surface area contributed by atoms with E-state index in [1.54, 1.807) is 0 Å². The number of piperazine rings is 1. The smallest absolute Gasteiger partial charge is 0.257 e. The Bertz CT molecular complexity index is 925. The molecule has 0 spiro atoms. The van der Waals surface area contributed by atoms with Crippen LogP contribution in [0.25, 0.3) is 22.8 Å². The van der Waals surface area contributed by atoms with Crippen molar-refractivity contribution in [3.05, 3.63) is 36.0 Å². The van der Waals surface area contributed by atoms with E-state index in [1.807, 2.05) is 24.3 Å². The molecule has 28 heavy (non-hydrogen) atoms. The van der Waals surface area contributed by atoms with Crippen LogP contribution in [0.3, 0.4) is 0 Å². The first-order valence-corrected chi connectivity index (χ1v) is 9.57. The van der Waals surface area contributed by atoms with Crippen LogP contribution in [-0.2, 0) is 6.42 Å². The molecule has 1 aliphatic heterocycles. The van der Waals surface area contributed by atoms with Crippen molar-refractivity contribution in [2.24, 2.45) is 5.41 Å². The molecule has 4 rings (SSSR count). The molecule has 8 nitrogen and oxygen atoms in total. The van der Waals surface area contributed by atoms with Gasteiger partial charge in [0.2, 0.25) is 11.7 Å². The lowest BCUT2D eigenvalue weighted by Gasteiger charge is -2.30. The van der Waals surface area contributed by atoms with E-state index in [9.17, 15) is 0 Å². The van der Waals surface area contributed by atoms with Crippen molar-refractivity contribution < 1.29 is 9.05 Å². The minimum Gasteiger partial charge on any atom is -0.339 e. The SMILES string of the molecule is CN1CCNCC1c1noc(-c2ccc(-c3noc(CC(C)(C)C)n3)cc2)n1. The van der Waals surface area contributed by atoms with Gasteiger partial charge in [0, 0.05) is 37.2 Å². The number of aromatic nitrogens is 4. The predicted molar refractivity (Wildman–Crippen MR) is 104 cm³/mol. The van der Waals surface area contributed by atoms with Gasteiger partial charge in [0.25, 0.3) is 5.89 Å². The largest absolute Gasteiger partial charge is 0.339 e. The standard InChI is InChI=1S/C20H26N6O2/c1-20(2,3)11-16-22-17(24-27-16)13-5-7-14(8-6-13)19-23-18(25-28-19)15-12-21-9-10-26(15)4/h5-8,15,21H,9-12H2,1-4H3. The molecule has 1 unspecified atom stereocenters. The van der Waals surface area contributed by atoms with E-state index >= 15 is 0 Å². The molecule has 1 aliphatic rings. The molecule has 3 heterocycles. The maximum Gasteiger partial charge on any atom is 0.257 e. The molecule has 0 amide bonds. The number of hydrogen-bond donors (Lipinski definition) is 1. The number of hydrogen-bond acceptors (Lipinski definition) is 8. The van der Waals surface area contributed by atoms with Gasteiger partial charge in [0.15, 0.2) is 5.82 Å². The number of rotatable bonds is 4. The molecule has 1 aromatic carbocycles. The third-order valence-corrected chi connectivity index (χ3v) is 4.79. The lowest BCUT2D eigenvalue weighted by molar-refractivity contribution is 0.190. The van der Waals surface area contributed by atoms with Crippen molar-refractivity contribution in [2.45, 2.75) is 33.2 Å². The Balaban J connectivity index is 1.49. The Kier molecular flexibility index (Phi) is 4.99. The van der Waals surface area contributed by atoms with Gasteiger partial charge in [-0.2, -0.15) is 9.97 Å². The second kappa shape index (κ2) is 7.44. The molecule has 2 aromatic heterocycles. The minimum absolute atomic E-state index is 0.102. The van der Waals surface area contributed by atoms with Gasteiger partial charge in [0.05, 0.1) is 6.04 Å². The van der Waals surface area contributed by atoms with Gasteiger partial charge in [-0.25, -0.2) is 0 Å². The average molecular weight is 382 g/mol. The summed E-state index contributed by atoms with van der Waals surface area (Å²) < 4.78 is 10.9. The van der Waals surface area contributed by atoms with E-state index in [0.717, 1.165) is 37.2 Å². The Morgan fingerprint density at radius 2 is 1.82 bits per heavy atom. The van der Waals surface area contributed by atoms with Gasteiger partial charge in [-0.1, -0.05) is 43.2 Å². The summed E-state index contributed by atoms with van der Waals surface area (Å²) in [7, 11) is 2.08. The van der Waals surface area contributed by atoms with Crippen LogP contribution in [0, 0.1) is 5.41 Å². The highest BCUT2D eigenvalue weighted by Gasteiger charge is 2.25. The van der Waals surface area contributed by atoms with E-state index in [4.69, 9.17) is 9.05 Å². The van der Waals surface area contributed by atoms with Crippen LogP contribution in [0.1, 0.15) is 38.5 Å². The summed E-state index contributed by atoms with van der Waals surface area (Å²) in [6.07, 6.45) is 0.743. The molecule has 1 fully saturated rings. The number of likely N-dealkylation sites (N-methyl/N-ethyl adjacent to an activating group) is 1. The van der Waals surface area contributed by atoms with Gasteiger partial charge in [-0.3, -0.25) is 4.90 Å². The molecule has 1 saturated heterocycles. The molecule has 0 radical (unpaired) electrons. The van der Waals surface area contributed by atoms with E-state index in [2.05, 4.69) is 58.3 Å². The van der Waals surface area contributed by atoms with Crippen molar-refractivity contribution in [1.82, 2.24) is 30.5 Å². The van der Waals surface area contributed by atoms with Crippen LogP contribution >= 0.6 is 0 Å². The highest BCUT2D eigenvalue weighted by Crippen LogP contribution is 2.26. The summed E-state index contributed by atoms with van der Waals surface area (Å²) in [5, 5.41) is 11.6. The van der Waals surface area contributed by atoms with Crippen LogP contribution in [0.2, 0.25) is 0 Å². The average Bonchev–Trinajstić information content (AvgIpc) is 3.31. The zero-order chi connectivity index (χ0) is 19.7. The summed E-state index contributed by atoms with van der Waals surface area (Å²) in [4.78, 5) is 11.3. The van der Waals surface area contributed by atoms with Gasteiger partial charge >= 0.3 is 0 Å². The lowest BCUT2D eigenvalue weighted by Crippen LogP contribution is -2.44. The monoisotopic (exact) mass is 382 g/mol. The van der Waals surface area contributed by atoms with Crippen molar-refractivity contribution in [3.8, 4) is 22.8 Å². The molecule has 3 aromatic rings. The first-order valence-electron chi connectivity index (χ1n) is 9.57. The van der Waals surface area contributed by atoms with Crippen LogP contribution in [0.4, 0.5) is 0 Å². The highest BCUT2D eigenvalue weighted by atomic mass is 16.5. The zero-order valence-electron chi connectivity index (χ0n) is 16.8. The Labute approximate surface area is 164 Å². The van der Waals surface area contributed by atoms with Crippen LogP contribution in [0.15, 0.2) is 33.3 Å². The fraction of sp³-hybridized carbons (Fsp3) is 0.500. The van der Waals surface area contributed by atoms with Gasteiger partial charge < -0.3 is 14.4 Å². The second-order valence-electron chi connectivity index (χ2n) is 8.48. The van der Waals surface area contributed by atoms with Crippen molar-refractivity contribution in [3.63, 3.8) is 0 Å². The van der Waals surface area contributed by atoms with Crippen molar-refractivity contribution >= 4 is 0 Å². The third kappa shape index (κ3) is 4.13. The molecule has 148 valence electrons. The predicted octanol–water partition coefficient (Wildman–Crippen LogP) is 2.95. The zero-order valence-corrected chi connectivity index (χ0v) is 16.8. The Hall–Kier alpha value is -2.58. The van der Waals surface area contributed by atoms with Crippen molar-refractivity contribution in [1.29, 1.82) is 0 Å². The normalized spacial score (nSPS) is 18.5. The van der Waals surface area contributed by atoms with E-state index < -0.39 is 0 Å². The van der Waals surface area contributed by atoms with Crippen LogP contribution in [-0.4, -0.2) is 51.9 Å². The Morgan fingerprint density at radius 3 is 2.54 bits per heavy atom. The molecular formula is C20H26N6O2. The lowest BCUT2D eigenvalue weighted by atomic mass is 9.92. The molecule has 1 N–H and O–H groups in total. The van der Waals surface area contributed by atoms with E-state index in [1.165, 1.54) is 0 Å². The molecule has 0 saturated carbocycles. The topological polar surface area (TPSA) is 93.1 Å². The fourth-order valence-corrected chi connectivity index (χ4v) is 3.24. The fourth-order valence-electron chi connectivity index (χ4n) is 3.24. The summed E-state index contributed by atoms with van der Waals surface area (Å²) in [6, 6.07) is 7.90. The van der Waals surface area contributed by atoms with E-state index in [-0.39, 0.29) is 11.5 Å². The maximum absolute atomic E-state index is 5.49. The molecule has 8 heteroatoms. The molecule has 0 aliphatic carbocycles. The summed E-state index contributed by atoms with van der Waals surface area (Å²) in [6.45, 7) is 9.20. The van der Waals surface area contributed by atoms with Crippen LogP contribution < -0.4 is 5.32 Å². The molecule has 1 atom stereocenters. The first-order chi connectivity index (χ1) is 13.4. The minimum atomic E-state index is 0.102. The van der Waals surface area contributed by atoms with Crippen molar-refractivity contribution in [2.75, 3.05) is 26.7 Å². The Morgan fingerprint density at radius 1 is 1.07 bits per heavy atom. The third-order valence-electron chi connectivity index (χ3n) is 4.79. The number of nitrogens with one attached hydrogen (secondary N) is 1. The molecule has 0 bridgehead atoms. The highest BCUT2D eigenvalue weighted by molar-refractivity contribution is 5.62. The first kappa shape index (κ1) is 18.8.